The molecule has 0 spiro atoms. The Labute approximate surface area is 200 Å². The molecule has 0 saturated carbocycles. The first-order valence-electron chi connectivity index (χ1n) is 10.4. The molecule has 0 aliphatic heterocycles. The Balaban J connectivity index is 1.80. The number of anilines is 1. The molecule has 0 bridgehead atoms. The molecule has 36 heavy (non-hydrogen) atoms. The van der Waals surface area contributed by atoms with Crippen molar-refractivity contribution >= 4 is 34.5 Å². The summed E-state index contributed by atoms with van der Waals surface area (Å²) in [6, 6.07) is 2.32. The van der Waals surface area contributed by atoms with E-state index >= 15 is 0 Å². The minimum atomic E-state index is -4.70. The number of fused-ring (bicyclic) bond motifs is 1. The minimum absolute atomic E-state index is 0.0804. The van der Waals surface area contributed by atoms with E-state index in [0.29, 0.717) is 29.1 Å². The van der Waals surface area contributed by atoms with Crippen LogP contribution in [0.2, 0.25) is 0 Å². The number of aliphatic imine (C=N–C) groups is 1. The van der Waals surface area contributed by atoms with Gasteiger partial charge >= 0.3 is 6.18 Å². The molecule has 3 aromatic heterocycles. The number of nitrogens with two attached hydrogens (primary N) is 2. The lowest BCUT2D eigenvalue weighted by atomic mass is 10.1. The molecule has 4 aromatic rings. The fourth-order valence-electron chi connectivity index (χ4n) is 3.65. The van der Waals surface area contributed by atoms with Crippen molar-refractivity contribution in [1.29, 1.82) is 0 Å². The monoisotopic (exact) mass is 503 g/mol. The van der Waals surface area contributed by atoms with Gasteiger partial charge in [-0.3, -0.25) is 4.99 Å². The lowest BCUT2D eigenvalue weighted by Gasteiger charge is -2.17. The van der Waals surface area contributed by atoms with Crippen LogP contribution in [0.5, 0.6) is 0 Å². The molecular formula is C22H18F5N9. The molecule has 9 nitrogen and oxygen atoms in total. The van der Waals surface area contributed by atoms with Crippen LogP contribution in [0.4, 0.5) is 33.5 Å². The van der Waals surface area contributed by atoms with Crippen molar-refractivity contribution in [3.8, 4) is 11.1 Å². The number of benzene rings is 1. The van der Waals surface area contributed by atoms with Crippen LogP contribution in [0.3, 0.4) is 0 Å². The normalized spacial score (nSPS) is 13.6. The molecule has 1 unspecified atom stereocenters. The van der Waals surface area contributed by atoms with Gasteiger partial charge in [-0.25, -0.2) is 28.7 Å². The van der Waals surface area contributed by atoms with E-state index in [4.69, 9.17) is 11.6 Å². The first-order chi connectivity index (χ1) is 17.1. The number of hydrazone groups is 1. The topological polar surface area (TPSA) is 133 Å². The molecule has 0 aliphatic carbocycles. The van der Waals surface area contributed by atoms with Crippen LogP contribution < -0.4 is 11.6 Å². The van der Waals surface area contributed by atoms with Gasteiger partial charge in [0, 0.05) is 35.8 Å². The van der Waals surface area contributed by atoms with Gasteiger partial charge in [-0.05, 0) is 18.6 Å². The van der Waals surface area contributed by atoms with Gasteiger partial charge in [-0.1, -0.05) is 6.92 Å². The van der Waals surface area contributed by atoms with Gasteiger partial charge in [0.2, 0.25) is 5.82 Å². The number of nitrogen functional groups attached to an aromatic ring is 1. The third kappa shape index (κ3) is 4.69. The lowest BCUT2D eigenvalue weighted by Crippen LogP contribution is -2.21. The minimum Gasteiger partial charge on any atom is -0.383 e. The average molecular weight is 503 g/mol. The summed E-state index contributed by atoms with van der Waals surface area (Å²) in [5, 5.41) is 4.13. The fourth-order valence-corrected chi connectivity index (χ4v) is 3.65. The van der Waals surface area contributed by atoms with Gasteiger partial charge in [0.15, 0.2) is 5.82 Å². The highest BCUT2D eigenvalue weighted by molar-refractivity contribution is 6.32. The SMILES string of the molecule is CCC(C(C=Nc1ccc(F)cc1F)=NN)n1cc(-c2cnc(C(F)(F)F)nc2)c2c(N)ncnc21. The zero-order chi connectivity index (χ0) is 26.0. The molecule has 0 saturated heterocycles. The van der Waals surface area contributed by atoms with E-state index in [2.05, 4.69) is 30.0 Å². The van der Waals surface area contributed by atoms with Gasteiger partial charge in [0.25, 0.3) is 0 Å². The van der Waals surface area contributed by atoms with E-state index in [1.54, 1.807) is 10.8 Å². The Morgan fingerprint density at radius 3 is 2.47 bits per heavy atom. The number of hydrogen-bond acceptors (Lipinski definition) is 8. The standard InChI is InChI=1S/C22H18F5N9/c1-2-17(16(35-29)8-30-15-4-3-12(23)5-14(15)24)36-9-13(18-19(28)33-10-34-20(18)36)11-6-31-21(32-7-11)22(25,26)27/h3-10,17H,2,29H2,1H3,(H2,28,33,34). The lowest BCUT2D eigenvalue weighted by molar-refractivity contribution is -0.144. The first-order valence-corrected chi connectivity index (χ1v) is 10.4. The number of aromatic nitrogens is 5. The molecule has 1 aromatic carbocycles. The van der Waals surface area contributed by atoms with Crippen LogP contribution in [0.15, 0.2) is 53.2 Å². The van der Waals surface area contributed by atoms with E-state index in [1.807, 2.05) is 6.92 Å². The van der Waals surface area contributed by atoms with Crippen LogP contribution in [0.1, 0.15) is 25.2 Å². The summed E-state index contributed by atoms with van der Waals surface area (Å²) in [7, 11) is 0. The Bertz CT molecular complexity index is 1460. The second kappa shape index (κ2) is 9.64. The summed E-state index contributed by atoms with van der Waals surface area (Å²) >= 11 is 0. The highest BCUT2D eigenvalue weighted by atomic mass is 19.4. The summed E-state index contributed by atoms with van der Waals surface area (Å²) in [5.41, 5.74) is 7.14. The van der Waals surface area contributed by atoms with Gasteiger partial charge < -0.3 is 16.1 Å². The molecule has 1 atom stereocenters. The average Bonchev–Trinajstić information content (AvgIpc) is 3.23. The molecule has 0 aliphatic rings. The number of nitrogens with zero attached hydrogens (tertiary/aromatic N) is 7. The number of alkyl halides is 3. The molecule has 186 valence electrons. The van der Waals surface area contributed by atoms with Crippen LogP contribution in [-0.2, 0) is 6.18 Å². The maximum Gasteiger partial charge on any atom is 0.451 e. The smallest absolute Gasteiger partial charge is 0.383 e. The summed E-state index contributed by atoms with van der Waals surface area (Å²) in [6.45, 7) is 1.82. The van der Waals surface area contributed by atoms with Gasteiger partial charge in [0.1, 0.15) is 29.3 Å². The van der Waals surface area contributed by atoms with Crippen molar-refractivity contribution in [3.05, 3.63) is 60.6 Å². The molecule has 3 heterocycles. The van der Waals surface area contributed by atoms with Crippen molar-refractivity contribution in [2.24, 2.45) is 15.9 Å². The molecule has 0 amide bonds. The largest absolute Gasteiger partial charge is 0.451 e. The van der Waals surface area contributed by atoms with Crippen LogP contribution in [0.25, 0.3) is 22.2 Å². The second-order valence-electron chi connectivity index (χ2n) is 7.53. The molecular weight excluding hydrogens is 485 g/mol. The van der Waals surface area contributed by atoms with Gasteiger partial charge in [-0.2, -0.15) is 18.3 Å². The van der Waals surface area contributed by atoms with Crippen molar-refractivity contribution in [1.82, 2.24) is 24.5 Å². The van der Waals surface area contributed by atoms with Crippen LogP contribution in [-0.4, -0.2) is 36.4 Å². The summed E-state index contributed by atoms with van der Waals surface area (Å²) in [4.78, 5) is 19.1. The first kappa shape index (κ1) is 24.6. The highest BCUT2D eigenvalue weighted by Gasteiger charge is 2.34. The second-order valence-corrected chi connectivity index (χ2v) is 7.53. The van der Waals surface area contributed by atoms with E-state index in [-0.39, 0.29) is 22.8 Å². The zero-order valence-electron chi connectivity index (χ0n) is 18.6. The van der Waals surface area contributed by atoms with Crippen molar-refractivity contribution in [2.75, 3.05) is 5.73 Å². The summed E-state index contributed by atoms with van der Waals surface area (Å²) in [5.74, 6) is 2.79. The third-order valence-corrected chi connectivity index (χ3v) is 5.31. The fraction of sp³-hybridized carbons (Fsp3) is 0.182. The molecule has 0 radical (unpaired) electrons. The van der Waals surface area contributed by atoms with E-state index in [9.17, 15) is 22.0 Å². The number of halogens is 5. The third-order valence-electron chi connectivity index (χ3n) is 5.31. The maximum absolute atomic E-state index is 14.0. The highest BCUT2D eigenvalue weighted by Crippen LogP contribution is 2.35. The van der Waals surface area contributed by atoms with Crippen LogP contribution >= 0.6 is 0 Å². The maximum atomic E-state index is 14.0. The Morgan fingerprint density at radius 2 is 1.86 bits per heavy atom. The van der Waals surface area contributed by atoms with Crippen molar-refractivity contribution in [3.63, 3.8) is 0 Å². The van der Waals surface area contributed by atoms with Crippen LogP contribution in [0, 0.1) is 11.6 Å². The zero-order valence-corrected chi connectivity index (χ0v) is 18.6. The van der Waals surface area contributed by atoms with Crippen molar-refractivity contribution in [2.45, 2.75) is 25.6 Å². The molecule has 14 heteroatoms. The molecule has 4 rings (SSSR count). The van der Waals surface area contributed by atoms with Gasteiger partial charge in [-0.15, -0.1) is 0 Å². The van der Waals surface area contributed by atoms with Gasteiger partial charge in [0.05, 0.1) is 23.3 Å². The molecule has 0 fully saturated rings. The number of hydrogen-bond donors (Lipinski definition) is 2. The van der Waals surface area contributed by atoms with Crippen molar-refractivity contribution < 1.29 is 22.0 Å². The van der Waals surface area contributed by atoms with E-state index in [1.165, 1.54) is 12.5 Å². The molecule has 4 N–H and O–H groups in total. The Kier molecular flexibility index (Phi) is 6.59. The predicted octanol–water partition coefficient (Wildman–Crippen LogP) is 4.44. The summed E-state index contributed by atoms with van der Waals surface area (Å²) in [6.07, 6.45) is 1.82. The van der Waals surface area contributed by atoms with E-state index < -0.39 is 29.7 Å². The van der Waals surface area contributed by atoms with E-state index in [0.717, 1.165) is 24.5 Å². The Hall–Kier alpha value is -4.49. The summed E-state index contributed by atoms with van der Waals surface area (Å²) < 4.78 is 67.6. The number of rotatable bonds is 6. The Morgan fingerprint density at radius 1 is 1.14 bits per heavy atom. The predicted molar refractivity (Wildman–Crippen MR) is 123 cm³/mol. The quantitative estimate of drug-likeness (QED) is 0.173.